The zero-order chi connectivity index (χ0) is 22.2. The van der Waals surface area contributed by atoms with E-state index in [2.05, 4.69) is 43.0 Å². The minimum absolute atomic E-state index is 0.0149. The minimum Gasteiger partial charge on any atom is -0.370 e. The maximum absolute atomic E-state index is 14.2. The van der Waals surface area contributed by atoms with Gasteiger partial charge >= 0.3 is 0 Å². The molecule has 4 rings (SSSR count). The highest BCUT2D eigenvalue weighted by Gasteiger charge is 2.46. The lowest BCUT2D eigenvalue weighted by Gasteiger charge is -2.55. The average molecular weight is 434 g/mol. The van der Waals surface area contributed by atoms with Gasteiger partial charge in [0, 0.05) is 43.2 Å². The molecule has 3 aliphatic rings. The number of hydrogen-bond donors (Lipinski definition) is 0. The molecule has 0 saturated carbocycles. The predicted octanol–water partition coefficient (Wildman–Crippen LogP) is 4.61. The summed E-state index contributed by atoms with van der Waals surface area (Å²) in [5.41, 5.74) is 2.95. The molecule has 1 aromatic rings. The Labute approximate surface area is 185 Å². The highest BCUT2D eigenvalue weighted by Crippen LogP contribution is 2.43. The number of nitrogens with zero attached hydrogens (tertiary/aromatic N) is 3. The number of rotatable bonds is 5. The number of likely N-dealkylation sites (tertiary alicyclic amines) is 2. The largest absolute Gasteiger partial charge is 0.370 e. The van der Waals surface area contributed by atoms with Gasteiger partial charge in [-0.3, -0.25) is 9.69 Å². The van der Waals surface area contributed by atoms with Gasteiger partial charge in [0.05, 0.1) is 13.1 Å². The molecule has 1 amide bonds. The molecule has 6 heteroatoms. The number of anilines is 1. The van der Waals surface area contributed by atoms with E-state index in [0.717, 1.165) is 39.0 Å². The Kier molecular flexibility index (Phi) is 6.30. The SMILES string of the molecule is CCC1CCN(CC(=O)N2CCC3(CC2)CN(c2ccc(C(C)C)cc2)C3)CC1(F)F. The van der Waals surface area contributed by atoms with Gasteiger partial charge in [-0.25, -0.2) is 8.78 Å². The Morgan fingerprint density at radius 3 is 2.26 bits per heavy atom. The van der Waals surface area contributed by atoms with Crippen LogP contribution in [-0.4, -0.2) is 67.4 Å². The second-order valence-corrected chi connectivity index (χ2v) is 10.3. The van der Waals surface area contributed by atoms with E-state index in [9.17, 15) is 13.6 Å². The van der Waals surface area contributed by atoms with Crippen molar-refractivity contribution in [3.8, 4) is 0 Å². The summed E-state index contributed by atoms with van der Waals surface area (Å²) in [6.45, 7) is 10.3. The topological polar surface area (TPSA) is 26.8 Å². The Morgan fingerprint density at radius 2 is 1.71 bits per heavy atom. The molecule has 0 aliphatic carbocycles. The van der Waals surface area contributed by atoms with Crippen molar-refractivity contribution in [3.63, 3.8) is 0 Å². The standard InChI is InChI=1S/C25H37F2N3O/c1-4-21-9-12-28(18-25(21,26)27)15-23(31)29-13-10-24(11-14-29)16-30(17-24)22-7-5-20(6-8-22)19(2)3/h5-8,19,21H,4,9-18H2,1-3H3. The van der Waals surface area contributed by atoms with Crippen molar-refractivity contribution in [1.82, 2.24) is 9.80 Å². The summed E-state index contributed by atoms with van der Waals surface area (Å²) in [5, 5.41) is 0. The Balaban J connectivity index is 1.23. The fraction of sp³-hybridized carbons (Fsp3) is 0.720. The molecule has 1 atom stereocenters. The molecule has 3 fully saturated rings. The first kappa shape index (κ1) is 22.5. The first-order valence-corrected chi connectivity index (χ1v) is 11.9. The van der Waals surface area contributed by atoms with Crippen LogP contribution in [0, 0.1) is 11.3 Å². The zero-order valence-corrected chi connectivity index (χ0v) is 19.2. The van der Waals surface area contributed by atoms with Crippen LogP contribution in [0.15, 0.2) is 24.3 Å². The quantitative estimate of drug-likeness (QED) is 0.679. The molecule has 31 heavy (non-hydrogen) atoms. The number of halogens is 2. The third-order valence-electron chi connectivity index (χ3n) is 7.83. The number of benzene rings is 1. The van der Waals surface area contributed by atoms with Crippen LogP contribution in [0.25, 0.3) is 0 Å². The maximum Gasteiger partial charge on any atom is 0.263 e. The van der Waals surface area contributed by atoms with Crippen LogP contribution >= 0.6 is 0 Å². The van der Waals surface area contributed by atoms with Crippen molar-refractivity contribution in [1.29, 1.82) is 0 Å². The van der Waals surface area contributed by atoms with Gasteiger partial charge in [-0.15, -0.1) is 0 Å². The number of amides is 1. The van der Waals surface area contributed by atoms with Gasteiger partial charge in [0.1, 0.15) is 0 Å². The van der Waals surface area contributed by atoms with Crippen LogP contribution in [0.5, 0.6) is 0 Å². The molecule has 0 bridgehead atoms. The lowest BCUT2D eigenvalue weighted by Crippen LogP contribution is -2.61. The molecule has 3 heterocycles. The third-order valence-corrected chi connectivity index (χ3v) is 7.83. The number of piperidine rings is 2. The molecular weight excluding hydrogens is 396 g/mol. The Hall–Kier alpha value is -1.69. The molecule has 4 nitrogen and oxygen atoms in total. The first-order chi connectivity index (χ1) is 14.7. The summed E-state index contributed by atoms with van der Waals surface area (Å²) < 4.78 is 28.5. The van der Waals surface area contributed by atoms with Gasteiger partial charge in [0.15, 0.2) is 0 Å². The molecule has 1 unspecified atom stereocenters. The second-order valence-electron chi connectivity index (χ2n) is 10.3. The number of alkyl halides is 2. The summed E-state index contributed by atoms with van der Waals surface area (Å²) in [6.07, 6.45) is 3.00. The van der Waals surface area contributed by atoms with E-state index in [1.807, 2.05) is 11.8 Å². The summed E-state index contributed by atoms with van der Waals surface area (Å²) >= 11 is 0. The van der Waals surface area contributed by atoms with E-state index in [4.69, 9.17) is 0 Å². The van der Waals surface area contributed by atoms with Crippen LogP contribution < -0.4 is 4.90 Å². The van der Waals surface area contributed by atoms with Gasteiger partial charge < -0.3 is 9.80 Å². The fourth-order valence-electron chi connectivity index (χ4n) is 5.55. The molecular formula is C25H37F2N3O. The molecule has 3 aliphatic heterocycles. The van der Waals surface area contributed by atoms with Gasteiger partial charge in [-0.05, 0) is 55.8 Å². The van der Waals surface area contributed by atoms with Crippen molar-refractivity contribution in [2.45, 2.75) is 58.3 Å². The number of carbonyl (C=O) groups excluding carboxylic acids is 1. The van der Waals surface area contributed by atoms with Crippen molar-refractivity contribution in [2.24, 2.45) is 11.3 Å². The highest BCUT2D eigenvalue weighted by atomic mass is 19.3. The summed E-state index contributed by atoms with van der Waals surface area (Å²) in [5.74, 6) is -2.66. The molecule has 172 valence electrons. The Bertz CT molecular complexity index is 763. The van der Waals surface area contributed by atoms with Crippen LogP contribution in [0.3, 0.4) is 0 Å². The van der Waals surface area contributed by atoms with Crippen LogP contribution in [0.4, 0.5) is 14.5 Å². The lowest BCUT2D eigenvalue weighted by molar-refractivity contribution is -0.141. The Morgan fingerprint density at radius 1 is 1.06 bits per heavy atom. The smallest absolute Gasteiger partial charge is 0.263 e. The first-order valence-electron chi connectivity index (χ1n) is 11.9. The van der Waals surface area contributed by atoms with Crippen LogP contribution in [0.2, 0.25) is 0 Å². The van der Waals surface area contributed by atoms with E-state index >= 15 is 0 Å². The highest BCUT2D eigenvalue weighted by molar-refractivity contribution is 5.78. The molecule has 0 N–H and O–H groups in total. The van der Waals surface area contributed by atoms with Crippen LogP contribution in [0.1, 0.15) is 57.9 Å². The molecule has 1 aromatic carbocycles. The summed E-state index contributed by atoms with van der Waals surface area (Å²) in [4.78, 5) is 18.7. The van der Waals surface area contributed by atoms with Gasteiger partial charge in [0.2, 0.25) is 5.91 Å². The third kappa shape index (κ3) is 4.74. The monoisotopic (exact) mass is 433 g/mol. The number of hydrogen-bond acceptors (Lipinski definition) is 3. The van der Waals surface area contributed by atoms with E-state index in [1.54, 1.807) is 4.90 Å². The van der Waals surface area contributed by atoms with Crippen LogP contribution in [-0.2, 0) is 4.79 Å². The van der Waals surface area contributed by atoms with Gasteiger partial charge in [-0.1, -0.05) is 32.9 Å². The maximum atomic E-state index is 14.2. The average Bonchev–Trinajstić information content (AvgIpc) is 2.71. The second kappa shape index (κ2) is 8.68. The van der Waals surface area contributed by atoms with Crippen molar-refractivity contribution in [2.75, 3.05) is 50.7 Å². The van der Waals surface area contributed by atoms with Crippen molar-refractivity contribution in [3.05, 3.63) is 29.8 Å². The zero-order valence-electron chi connectivity index (χ0n) is 19.2. The van der Waals surface area contributed by atoms with E-state index < -0.39 is 11.8 Å². The molecule has 0 aromatic heterocycles. The normalized spacial score (nSPS) is 25.7. The van der Waals surface area contributed by atoms with E-state index in [-0.39, 0.29) is 19.0 Å². The van der Waals surface area contributed by atoms with Gasteiger partial charge in [-0.2, -0.15) is 0 Å². The van der Waals surface area contributed by atoms with E-state index in [1.165, 1.54) is 11.3 Å². The number of carbonyl (C=O) groups is 1. The molecule has 0 radical (unpaired) electrons. The fourth-order valence-corrected chi connectivity index (χ4v) is 5.55. The molecule has 1 spiro atoms. The molecule has 3 saturated heterocycles. The summed E-state index contributed by atoms with van der Waals surface area (Å²) in [6, 6.07) is 8.88. The van der Waals surface area contributed by atoms with E-state index in [0.29, 0.717) is 30.7 Å². The summed E-state index contributed by atoms with van der Waals surface area (Å²) in [7, 11) is 0. The lowest BCUT2D eigenvalue weighted by atomic mass is 9.71. The minimum atomic E-state index is -2.68. The van der Waals surface area contributed by atoms with Gasteiger partial charge in [0.25, 0.3) is 5.92 Å². The predicted molar refractivity (Wildman–Crippen MR) is 121 cm³/mol. The van der Waals surface area contributed by atoms with Crippen molar-refractivity contribution >= 4 is 11.6 Å². The van der Waals surface area contributed by atoms with Crippen molar-refractivity contribution < 1.29 is 13.6 Å².